The van der Waals surface area contributed by atoms with Crippen LogP contribution in [0.1, 0.15) is 56.6 Å². The molecule has 2 atom stereocenters. The van der Waals surface area contributed by atoms with E-state index in [1.165, 1.54) is 9.30 Å². The highest BCUT2D eigenvalue weighted by molar-refractivity contribution is 6.20. The van der Waals surface area contributed by atoms with E-state index in [1.54, 1.807) is 12.3 Å². The molecule has 3 aliphatic rings. The third-order valence-electron chi connectivity index (χ3n) is 7.40. The van der Waals surface area contributed by atoms with Crippen molar-refractivity contribution in [1.29, 1.82) is 0 Å². The highest BCUT2D eigenvalue weighted by Crippen LogP contribution is 2.45. The quantitative estimate of drug-likeness (QED) is 0.718. The van der Waals surface area contributed by atoms with Crippen LogP contribution in [0, 0.1) is 12.3 Å². The number of carbonyl (C=O) groups is 3. The summed E-state index contributed by atoms with van der Waals surface area (Å²) in [4.78, 5) is 61.7. The molecular formula is C24H29N5O4. The molecule has 1 spiro atoms. The lowest BCUT2D eigenvalue weighted by atomic mass is 9.68. The maximum atomic E-state index is 13.9. The number of aryl methyl sites for hydroxylation is 1. The maximum Gasteiger partial charge on any atom is 0.330 e. The Hall–Kier alpha value is -3.23. The topological polar surface area (TPSA) is 104 Å². The number of hydrogen-bond donors (Lipinski definition) is 1. The summed E-state index contributed by atoms with van der Waals surface area (Å²) in [6.07, 6.45) is 6.44. The van der Waals surface area contributed by atoms with Gasteiger partial charge in [-0.1, -0.05) is 32.3 Å². The molecule has 2 saturated heterocycles. The van der Waals surface area contributed by atoms with E-state index in [4.69, 9.17) is 4.98 Å². The Morgan fingerprint density at radius 3 is 2.79 bits per heavy atom. The second-order valence-corrected chi connectivity index (χ2v) is 9.38. The average Bonchev–Trinajstić information content (AvgIpc) is 3.05. The molecule has 0 unspecified atom stereocenters. The number of urea groups is 1. The van der Waals surface area contributed by atoms with E-state index in [1.807, 2.05) is 24.8 Å². The van der Waals surface area contributed by atoms with E-state index in [0.717, 1.165) is 31.2 Å². The SMILES string of the molecule is CCCCN1C(=O)NC(=O)[C@@]2(Cc3c(nc4c(C)cccn4c3=O)N3CCCCC[C@@H]32)C1=O. The van der Waals surface area contributed by atoms with Crippen molar-refractivity contribution >= 4 is 29.3 Å². The van der Waals surface area contributed by atoms with Crippen molar-refractivity contribution in [3.05, 3.63) is 39.8 Å². The van der Waals surface area contributed by atoms with Gasteiger partial charge in [0, 0.05) is 25.7 Å². The van der Waals surface area contributed by atoms with Gasteiger partial charge in [0.2, 0.25) is 11.8 Å². The number of barbiturate groups is 1. The molecule has 0 aromatic carbocycles. The molecule has 0 aliphatic carbocycles. The van der Waals surface area contributed by atoms with E-state index in [9.17, 15) is 19.2 Å². The molecule has 2 fully saturated rings. The Morgan fingerprint density at radius 1 is 1.18 bits per heavy atom. The highest BCUT2D eigenvalue weighted by Gasteiger charge is 2.62. The fourth-order valence-electron chi connectivity index (χ4n) is 5.66. The number of anilines is 1. The second kappa shape index (κ2) is 7.97. The number of amides is 4. The zero-order valence-corrected chi connectivity index (χ0v) is 19.1. The van der Waals surface area contributed by atoms with Crippen LogP contribution in [0.5, 0.6) is 0 Å². The van der Waals surface area contributed by atoms with Gasteiger partial charge in [0.15, 0.2) is 5.41 Å². The van der Waals surface area contributed by atoms with Gasteiger partial charge in [-0.25, -0.2) is 9.78 Å². The van der Waals surface area contributed by atoms with Crippen LogP contribution in [0.2, 0.25) is 0 Å². The van der Waals surface area contributed by atoms with Crippen molar-refractivity contribution in [1.82, 2.24) is 19.6 Å². The minimum Gasteiger partial charge on any atom is -0.352 e. The van der Waals surface area contributed by atoms with Crippen LogP contribution in [0.3, 0.4) is 0 Å². The molecular weight excluding hydrogens is 422 g/mol. The summed E-state index contributed by atoms with van der Waals surface area (Å²) in [5.41, 5.74) is 0.0481. The second-order valence-electron chi connectivity index (χ2n) is 9.38. The molecule has 0 bridgehead atoms. The molecule has 2 aromatic heterocycles. The number of pyridine rings is 1. The number of nitrogens with one attached hydrogen (secondary N) is 1. The molecule has 0 saturated carbocycles. The van der Waals surface area contributed by atoms with Crippen molar-refractivity contribution in [2.24, 2.45) is 5.41 Å². The molecule has 3 aliphatic heterocycles. The summed E-state index contributed by atoms with van der Waals surface area (Å²) >= 11 is 0. The monoisotopic (exact) mass is 451 g/mol. The number of carbonyl (C=O) groups excluding carboxylic acids is 3. The first-order valence-corrected chi connectivity index (χ1v) is 11.8. The van der Waals surface area contributed by atoms with Gasteiger partial charge < -0.3 is 4.90 Å². The van der Waals surface area contributed by atoms with Crippen LogP contribution in [0.15, 0.2) is 23.1 Å². The van der Waals surface area contributed by atoms with Crippen LogP contribution in [0.25, 0.3) is 5.65 Å². The van der Waals surface area contributed by atoms with Crippen molar-refractivity contribution in [3.8, 4) is 0 Å². The smallest absolute Gasteiger partial charge is 0.330 e. The Morgan fingerprint density at radius 2 is 2.00 bits per heavy atom. The molecule has 1 N–H and O–H groups in total. The van der Waals surface area contributed by atoms with E-state index < -0.39 is 29.3 Å². The number of imide groups is 2. The van der Waals surface area contributed by atoms with E-state index in [2.05, 4.69) is 5.32 Å². The minimum atomic E-state index is -1.52. The van der Waals surface area contributed by atoms with Gasteiger partial charge in [-0.2, -0.15) is 0 Å². The molecule has 174 valence electrons. The first kappa shape index (κ1) is 21.6. The summed E-state index contributed by atoms with van der Waals surface area (Å²) in [6, 6.07) is 2.58. The van der Waals surface area contributed by atoms with Crippen LogP contribution >= 0.6 is 0 Å². The van der Waals surface area contributed by atoms with E-state index in [-0.39, 0.29) is 18.5 Å². The first-order valence-electron chi connectivity index (χ1n) is 11.8. The number of aromatic nitrogens is 2. The Balaban J connectivity index is 1.74. The van der Waals surface area contributed by atoms with Gasteiger partial charge in [-0.15, -0.1) is 0 Å². The van der Waals surface area contributed by atoms with E-state index >= 15 is 0 Å². The standard InChI is InChI=1S/C24H29N5O4/c1-3-4-11-29-22(32)24(21(31)26-23(29)33)14-16-19(27-12-7-5-6-10-17(24)27)25-18-15(2)9-8-13-28(18)20(16)30/h8-9,13,17H,3-7,10-12,14H2,1-2H3,(H,26,31,33)/t17-,24+/m1/s1. The summed E-state index contributed by atoms with van der Waals surface area (Å²) < 4.78 is 1.49. The third kappa shape index (κ3) is 3.08. The van der Waals surface area contributed by atoms with Crippen LogP contribution < -0.4 is 15.8 Å². The zero-order valence-electron chi connectivity index (χ0n) is 19.1. The van der Waals surface area contributed by atoms with Gasteiger partial charge in [-0.3, -0.25) is 29.0 Å². The van der Waals surface area contributed by atoms with Crippen molar-refractivity contribution in [2.75, 3.05) is 18.0 Å². The third-order valence-corrected chi connectivity index (χ3v) is 7.40. The molecule has 9 heteroatoms. The fraction of sp³-hybridized carbons (Fsp3) is 0.542. The number of nitrogens with zero attached hydrogens (tertiary/aromatic N) is 4. The van der Waals surface area contributed by atoms with Gasteiger partial charge >= 0.3 is 6.03 Å². The number of fused-ring (bicyclic) bond motifs is 5. The van der Waals surface area contributed by atoms with Gasteiger partial charge in [0.05, 0.1) is 11.6 Å². The molecule has 2 aromatic rings. The first-order chi connectivity index (χ1) is 15.9. The van der Waals surface area contributed by atoms with Crippen LogP contribution in [-0.2, 0) is 16.0 Å². The average molecular weight is 452 g/mol. The minimum absolute atomic E-state index is 0.0488. The summed E-state index contributed by atoms with van der Waals surface area (Å²) in [5.74, 6) is -0.507. The number of rotatable bonds is 3. The predicted molar refractivity (Wildman–Crippen MR) is 122 cm³/mol. The zero-order chi connectivity index (χ0) is 23.3. The molecule has 5 rings (SSSR count). The van der Waals surface area contributed by atoms with Gasteiger partial charge in [0.25, 0.3) is 5.56 Å². The summed E-state index contributed by atoms with van der Waals surface area (Å²) in [7, 11) is 0. The lowest BCUT2D eigenvalue weighted by Crippen LogP contribution is -2.72. The van der Waals surface area contributed by atoms with Crippen molar-refractivity contribution in [3.63, 3.8) is 0 Å². The molecule has 33 heavy (non-hydrogen) atoms. The van der Waals surface area contributed by atoms with Crippen LogP contribution in [0.4, 0.5) is 10.6 Å². The van der Waals surface area contributed by atoms with E-state index in [0.29, 0.717) is 36.4 Å². The van der Waals surface area contributed by atoms with Crippen molar-refractivity contribution in [2.45, 2.75) is 64.8 Å². The largest absolute Gasteiger partial charge is 0.352 e. The van der Waals surface area contributed by atoms with Gasteiger partial charge in [0.1, 0.15) is 11.5 Å². The molecule has 9 nitrogen and oxygen atoms in total. The summed E-state index contributed by atoms with van der Waals surface area (Å²) in [6.45, 7) is 4.76. The molecule has 0 radical (unpaired) electrons. The fourth-order valence-corrected chi connectivity index (χ4v) is 5.66. The van der Waals surface area contributed by atoms with Gasteiger partial charge in [-0.05, 0) is 37.8 Å². The van der Waals surface area contributed by atoms with Crippen LogP contribution in [-0.4, -0.2) is 51.3 Å². The molecule has 5 heterocycles. The molecule has 4 amide bonds. The highest BCUT2D eigenvalue weighted by atomic mass is 16.2. The number of hydrogen-bond acceptors (Lipinski definition) is 6. The Kier molecular flexibility index (Phi) is 5.22. The number of unbranched alkanes of at least 4 members (excludes halogenated alkanes) is 1. The predicted octanol–water partition coefficient (Wildman–Crippen LogP) is 2.17. The van der Waals surface area contributed by atoms with Crippen molar-refractivity contribution < 1.29 is 14.4 Å². The lowest BCUT2D eigenvalue weighted by molar-refractivity contribution is -0.153. The lowest BCUT2D eigenvalue weighted by Gasteiger charge is -2.50. The maximum absolute atomic E-state index is 13.9. The Labute approximate surface area is 191 Å². The summed E-state index contributed by atoms with van der Waals surface area (Å²) in [5, 5.41) is 2.45. The Bertz CT molecular complexity index is 1220. The normalized spacial score (nSPS) is 25.2.